The number of nitrogens with one attached hydrogen (secondary N) is 1. The van der Waals surface area contributed by atoms with E-state index in [2.05, 4.69) is 10.5 Å². The molecule has 0 aromatic heterocycles. The van der Waals surface area contributed by atoms with Crippen LogP contribution in [0.2, 0.25) is 5.02 Å². The molecule has 1 N–H and O–H groups in total. The van der Waals surface area contributed by atoms with Crippen LogP contribution >= 0.6 is 11.6 Å². The van der Waals surface area contributed by atoms with Crippen molar-refractivity contribution in [2.24, 2.45) is 5.16 Å². The highest BCUT2D eigenvalue weighted by molar-refractivity contribution is 6.30. The fraction of sp³-hybridized carbons (Fsp3) is 0.333. The molecule has 27 heavy (non-hydrogen) atoms. The third-order valence-corrected chi connectivity index (χ3v) is 4.65. The molecule has 1 atom stereocenters. The Morgan fingerprint density at radius 2 is 2.04 bits per heavy atom. The number of nitrogens with zero attached hydrogens (tertiary/aromatic N) is 1. The fourth-order valence-electron chi connectivity index (χ4n) is 3.00. The number of halogens is 2. The zero-order valence-corrected chi connectivity index (χ0v) is 15.7. The number of benzene rings is 2. The molecule has 0 unspecified atom stereocenters. The van der Waals surface area contributed by atoms with E-state index in [0.717, 1.165) is 24.1 Å². The standard InChI is InChI=1S/C21H22ClFN2O2/c22-17-9-7-15(8-10-17)3-2-6-21(26)24-14-20-13-19(25-27-20)12-16-4-1-5-18(23)11-16/h1,4-5,7-11,20H,2-3,6,12-14H2,(H,24,26)/t20-/m0/s1. The molecule has 0 saturated heterocycles. The number of carbonyl (C=O) groups is 1. The van der Waals surface area contributed by atoms with E-state index in [0.29, 0.717) is 30.8 Å². The van der Waals surface area contributed by atoms with Crippen molar-refractivity contribution < 1.29 is 14.0 Å². The summed E-state index contributed by atoms with van der Waals surface area (Å²) in [6, 6.07) is 14.1. The Bertz CT molecular complexity index is 808. The summed E-state index contributed by atoms with van der Waals surface area (Å²) in [5, 5.41) is 7.67. The highest BCUT2D eigenvalue weighted by Gasteiger charge is 2.21. The van der Waals surface area contributed by atoms with Gasteiger partial charge in [-0.2, -0.15) is 0 Å². The summed E-state index contributed by atoms with van der Waals surface area (Å²) >= 11 is 5.86. The molecular weight excluding hydrogens is 367 g/mol. The van der Waals surface area contributed by atoms with Crippen LogP contribution in [-0.2, 0) is 22.5 Å². The van der Waals surface area contributed by atoms with Crippen molar-refractivity contribution in [2.45, 2.75) is 38.2 Å². The number of aryl methyl sites for hydroxylation is 1. The topological polar surface area (TPSA) is 50.7 Å². The first-order valence-electron chi connectivity index (χ1n) is 9.05. The molecule has 0 spiro atoms. The van der Waals surface area contributed by atoms with E-state index in [4.69, 9.17) is 16.4 Å². The molecule has 1 amide bonds. The minimum absolute atomic E-state index is 0.00569. The molecule has 0 bridgehead atoms. The third-order valence-electron chi connectivity index (χ3n) is 4.40. The first-order chi connectivity index (χ1) is 13.1. The first kappa shape index (κ1) is 19.4. The van der Waals surface area contributed by atoms with Crippen LogP contribution in [0.4, 0.5) is 4.39 Å². The van der Waals surface area contributed by atoms with Gasteiger partial charge in [-0.25, -0.2) is 4.39 Å². The van der Waals surface area contributed by atoms with Crippen molar-refractivity contribution in [1.29, 1.82) is 0 Å². The zero-order valence-electron chi connectivity index (χ0n) is 15.0. The zero-order chi connectivity index (χ0) is 19.1. The average molecular weight is 389 g/mol. The van der Waals surface area contributed by atoms with E-state index in [-0.39, 0.29) is 17.8 Å². The van der Waals surface area contributed by atoms with Crippen LogP contribution in [0.15, 0.2) is 53.7 Å². The first-order valence-corrected chi connectivity index (χ1v) is 9.43. The number of hydrogen-bond acceptors (Lipinski definition) is 3. The lowest BCUT2D eigenvalue weighted by Crippen LogP contribution is -2.32. The lowest BCUT2D eigenvalue weighted by molar-refractivity contribution is -0.121. The molecule has 0 fully saturated rings. The largest absolute Gasteiger partial charge is 0.390 e. The molecule has 0 saturated carbocycles. The van der Waals surface area contributed by atoms with Crippen molar-refractivity contribution in [3.8, 4) is 0 Å². The molecule has 1 aliphatic heterocycles. The summed E-state index contributed by atoms with van der Waals surface area (Å²) in [4.78, 5) is 17.4. The second kappa shape index (κ2) is 9.51. The SMILES string of the molecule is O=C(CCCc1ccc(Cl)cc1)NC[C@@H]1CC(Cc2cccc(F)c2)=NO1. The van der Waals surface area contributed by atoms with Gasteiger partial charge in [-0.3, -0.25) is 4.79 Å². The molecule has 1 heterocycles. The minimum atomic E-state index is -0.255. The van der Waals surface area contributed by atoms with Crippen molar-refractivity contribution >= 4 is 23.2 Å². The molecular formula is C21H22ClFN2O2. The molecule has 0 aliphatic carbocycles. The van der Waals surface area contributed by atoms with Crippen LogP contribution in [0.5, 0.6) is 0 Å². The monoisotopic (exact) mass is 388 g/mol. The predicted molar refractivity (Wildman–Crippen MR) is 104 cm³/mol. The Hall–Kier alpha value is -2.40. The maximum absolute atomic E-state index is 13.2. The molecule has 1 aliphatic rings. The summed E-state index contributed by atoms with van der Waals surface area (Å²) in [5.41, 5.74) is 2.90. The van der Waals surface area contributed by atoms with E-state index >= 15 is 0 Å². The van der Waals surface area contributed by atoms with Gasteiger partial charge in [0, 0.05) is 24.3 Å². The molecule has 2 aromatic carbocycles. The van der Waals surface area contributed by atoms with Gasteiger partial charge in [0.15, 0.2) is 0 Å². The number of amides is 1. The van der Waals surface area contributed by atoms with Gasteiger partial charge >= 0.3 is 0 Å². The van der Waals surface area contributed by atoms with Gasteiger partial charge in [0.25, 0.3) is 0 Å². The summed E-state index contributed by atoms with van der Waals surface area (Å²) < 4.78 is 13.2. The number of oxime groups is 1. The van der Waals surface area contributed by atoms with Crippen LogP contribution in [0.25, 0.3) is 0 Å². The van der Waals surface area contributed by atoms with Gasteiger partial charge in [-0.15, -0.1) is 0 Å². The van der Waals surface area contributed by atoms with Crippen LogP contribution in [-0.4, -0.2) is 24.3 Å². The molecule has 4 nitrogen and oxygen atoms in total. The van der Waals surface area contributed by atoms with Crippen molar-refractivity contribution in [3.63, 3.8) is 0 Å². The molecule has 6 heteroatoms. The number of carbonyl (C=O) groups excluding carboxylic acids is 1. The van der Waals surface area contributed by atoms with Gasteiger partial charge in [-0.1, -0.05) is 41.0 Å². The molecule has 2 aromatic rings. The Kier molecular flexibility index (Phi) is 6.82. The van der Waals surface area contributed by atoms with E-state index in [9.17, 15) is 9.18 Å². The Labute approximate surface area is 163 Å². The summed E-state index contributed by atoms with van der Waals surface area (Å²) in [5.74, 6) is -0.249. The second-order valence-electron chi connectivity index (χ2n) is 6.68. The smallest absolute Gasteiger partial charge is 0.220 e. The third kappa shape index (κ3) is 6.36. The van der Waals surface area contributed by atoms with E-state index in [1.165, 1.54) is 17.7 Å². The highest BCUT2D eigenvalue weighted by atomic mass is 35.5. The van der Waals surface area contributed by atoms with E-state index < -0.39 is 0 Å². The van der Waals surface area contributed by atoms with Gasteiger partial charge in [0.1, 0.15) is 11.9 Å². The van der Waals surface area contributed by atoms with Crippen molar-refractivity contribution in [3.05, 3.63) is 70.5 Å². The maximum Gasteiger partial charge on any atom is 0.220 e. The fourth-order valence-corrected chi connectivity index (χ4v) is 3.13. The molecule has 0 radical (unpaired) electrons. The minimum Gasteiger partial charge on any atom is -0.390 e. The Morgan fingerprint density at radius 3 is 2.81 bits per heavy atom. The van der Waals surface area contributed by atoms with Crippen LogP contribution in [0, 0.1) is 5.82 Å². The van der Waals surface area contributed by atoms with Crippen molar-refractivity contribution in [2.75, 3.05) is 6.54 Å². The van der Waals surface area contributed by atoms with Gasteiger partial charge in [-0.05, 0) is 48.2 Å². The van der Waals surface area contributed by atoms with Crippen LogP contribution in [0.3, 0.4) is 0 Å². The van der Waals surface area contributed by atoms with E-state index in [1.54, 1.807) is 6.07 Å². The van der Waals surface area contributed by atoms with Gasteiger partial charge in [0.2, 0.25) is 5.91 Å². The van der Waals surface area contributed by atoms with Crippen LogP contribution < -0.4 is 5.32 Å². The molecule has 3 rings (SSSR count). The number of rotatable bonds is 8. The summed E-state index contributed by atoms with van der Waals surface area (Å²) in [7, 11) is 0. The highest BCUT2D eigenvalue weighted by Crippen LogP contribution is 2.15. The average Bonchev–Trinajstić information content (AvgIpc) is 3.09. The summed E-state index contributed by atoms with van der Waals surface area (Å²) in [6.45, 7) is 0.427. The lowest BCUT2D eigenvalue weighted by Gasteiger charge is -2.10. The van der Waals surface area contributed by atoms with Crippen molar-refractivity contribution in [1.82, 2.24) is 5.32 Å². The lowest BCUT2D eigenvalue weighted by atomic mass is 10.0. The Morgan fingerprint density at radius 1 is 1.22 bits per heavy atom. The predicted octanol–water partition coefficient (Wildman–Crippen LogP) is 4.31. The number of hydrogen-bond donors (Lipinski definition) is 1. The maximum atomic E-state index is 13.2. The van der Waals surface area contributed by atoms with Gasteiger partial charge < -0.3 is 10.2 Å². The normalized spacial score (nSPS) is 15.9. The quantitative estimate of drug-likeness (QED) is 0.732. The van der Waals surface area contributed by atoms with Crippen LogP contribution in [0.1, 0.15) is 30.4 Å². The second-order valence-corrected chi connectivity index (χ2v) is 7.12. The van der Waals surface area contributed by atoms with Gasteiger partial charge in [0.05, 0.1) is 12.3 Å². The summed E-state index contributed by atoms with van der Waals surface area (Å²) in [6.07, 6.45) is 3.12. The van der Waals surface area contributed by atoms with E-state index in [1.807, 2.05) is 30.3 Å². The molecule has 142 valence electrons. The Balaban J connectivity index is 1.32.